The van der Waals surface area contributed by atoms with Crippen molar-refractivity contribution in [1.29, 1.82) is 0 Å². The molecular formula is C11H13NO3S. The molecule has 16 heavy (non-hydrogen) atoms. The molecule has 86 valence electrons. The van der Waals surface area contributed by atoms with Crippen molar-refractivity contribution in [2.45, 2.75) is 19.9 Å². The van der Waals surface area contributed by atoms with Crippen LogP contribution in [0.4, 0.5) is 0 Å². The number of carbonyl (C=O) groups is 2. The van der Waals surface area contributed by atoms with Crippen LogP contribution in [0.15, 0.2) is 17.5 Å². The van der Waals surface area contributed by atoms with Gasteiger partial charge < -0.3 is 10.4 Å². The van der Waals surface area contributed by atoms with E-state index in [4.69, 9.17) is 5.11 Å². The lowest BCUT2D eigenvalue weighted by atomic mass is 10.2. The standard InChI is InChI=1S/C11H13NO3S/c1-7-5-6-16-9(7)3-4-10(13)12-8(2)11(14)15/h3-6,8H,1-2H3,(H,12,13)(H,14,15)/b4-3+. The van der Waals surface area contributed by atoms with E-state index in [1.807, 2.05) is 18.4 Å². The highest BCUT2D eigenvalue weighted by molar-refractivity contribution is 7.11. The van der Waals surface area contributed by atoms with Gasteiger partial charge in [-0.3, -0.25) is 9.59 Å². The number of carboxylic acids is 1. The largest absolute Gasteiger partial charge is 0.480 e. The quantitative estimate of drug-likeness (QED) is 0.785. The second-order valence-corrected chi connectivity index (χ2v) is 4.32. The van der Waals surface area contributed by atoms with Gasteiger partial charge in [0.1, 0.15) is 6.04 Å². The summed E-state index contributed by atoms with van der Waals surface area (Å²) in [6.45, 7) is 3.37. The van der Waals surface area contributed by atoms with E-state index in [1.165, 1.54) is 24.3 Å². The zero-order valence-electron chi connectivity index (χ0n) is 9.06. The summed E-state index contributed by atoms with van der Waals surface area (Å²) in [5.74, 6) is -1.45. The molecule has 1 aromatic heterocycles. The lowest BCUT2D eigenvalue weighted by Crippen LogP contribution is -2.37. The third-order valence-electron chi connectivity index (χ3n) is 2.02. The number of aliphatic carboxylic acids is 1. The Morgan fingerprint density at radius 2 is 2.25 bits per heavy atom. The van der Waals surface area contributed by atoms with Crippen LogP contribution < -0.4 is 5.32 Å². The second kappa shape index (κ2) is 5.46. The highest BCUT2D eigenvalue weighted by Crippen LogP contribution is 2.16. The minimum atomic E-state index is -1.05. The van der Waals surface area contributed by atoms with Crippen LogP contribution in [0.25, 0.3) is 6.08 Å². The molecule has 4 nitrogen and oxygen atoms in total. The van der Waals surface area contributed by atoms with Gasteiger partial charge in [0.15, 0.2) is 0 Å². The van der Waals surface area contributed by atoms with E-state index in [9.17, 15) is 9.59 Å². The predicted molar refractivity (Wildman–Crippen MR) is 63.3 cm³/mol. The number of aryl methyl sites for hydroxylation is 1. The molecular weight excluding hydrogens is 226 g/mol. The fourth-order valence-electron chi connectivity index (χ4n) is 1.03. The fraction of sp³-hybridized carbons (Fsp3) is 0.273. The Hall–Kier alpha value is -1.62. The van der Waals surface area contributed by atoms with E-state index in [0.29, 0.717) is 0 Å². The van der Waals surface area contributed by atoms with Crippen LogP contribution in [0.2, 0.25) is 0 Å². The van der Waals surface area contributed by atoms with Gasteiger partial charge in [-0.25, -0.2) is 0 Å². The Morgan fingerprint density at radius 1 is 1.56 bits per heavy atom. The van der Waals surface area contributed by atoms with E-state index < -0.39 is 17.9 Å². The van der Waals surface area contributed by atoms with Crippen molar-refractivity contribution in [3.05, 3.63) is 28.0 Å². The van der Waals surface area contributed by atoms with Crippen molar-refractivity contribution in [3.8, 4) is 0 Å². The molecule has 2 N–H and O–H groups in total. The summed E-state index contributed by atoms with van der Waals surface area (Å²) in [6.07, 6.45) is 3.03. The Morgan fingerprint density at radius 3 is 2.75 bits per heavy atom. The first-order valence-corrected chi connectivity index (χ1v) is 5.64. The maximum atomic E-state index is 11.3. The number of carboxylic acid groups (broad SMARTS) is 1. The Bertz CT molecular complexity index is 423. The number of nitrogens with one attached hydrogen (secondary N) is 1. The smallest absolute Gasteiger partial charge is 0.325 e. The lowest BCUT2D eigenvalue weighted by molar-refractivity contribution is -0.140. The normalized spacial score (nSPS) is 12.6. The molecule has 1 atom stereocenters. The average Bonchev–Trinajstić information content (AvgIpc) is 2.61. The molecule has 5 heteroatoms. The molecule has 1 heterocycles. The van der Waals surface area contributed by atoms with Crippen molar-refractivity contribution in [1.82, 2.24) is 5.32 Å². The Balaban J connectivity index is 2.55. The van der Waals surface area contributed by atoms with Crippen LogP contribution in [-0.2, 0) is 9.59 Å². The summed E-state index contributed by atoms with van der Waals surface area (Å²) in [4.78, 5) is 22.8. The molecule has 0 bridgehead atoms. The van der Waals surface area contributed by atoms with E-state index in [2.05, 4.69) is 5.32 Å². The van der Waals surface area contributed by atoms with E-state index in [-0.39, 0.29) is 0 Å². The number of hydrogen-bond acceptors (Lipinski definition) is 3. The molecule has 0 fully saturated rings. The third-order valence-corrected chi connectivity index (χ3v) is 3.00. The molecule has 0 saturated carbocycles. The van der Waals surface area contributed by atoms with Crippen LogP contribution in [0.1, 0.15) is 17.4 Å². The molecule has 1 aromatic rings. The highest BCUT2D eigenvalue weighted by Gasteiger charge is 2.11. The summed E-state index contributed by atoms with van der Waals surface area (Å²) in [5.41, 5.74) is 1.10. The van der Waals surface area contributed by atoms with Gasteiger partial charge in [0, 0.05) is 11.0 Å². The van der Waals surface area contributed by atoms with Crippen LogP contribution in [0.3, 0.4) is 0 Å². The molecule has 1 amide bonds. The van der Waals surface area contributed by atoms with Crippen molar-refractivity contribution in [2.75, 3.05) is 0 Å². The van der Waals surface area contributed by atoms with Gasteiger partial charge in [0.2, 0.25) is 5.91 Å². The number of rotatable bonds is 4. The molecule has 0 aliphatic heterocycles. The van der Waals surface area contributed by atoms with Crippen molar-refractivity contribution < 1.29 is 14.7 Å². The maximum absolute atomic E-state index is 11.3. The molecule has 0 spiro atoms. The zero-order valence-corrected chi connectivity index (χ0v) is 9.88. The van der Waals surface area contributed by atoms with Crippen LogP contribution in [0.5, 0.6) is 0 Å². The van der Waals surface area contributed by atoms with Crippen LogP contribution in [0, 0.1) is 6.92 Å². The van der Waals surface area contributed by atoms with Crippen molar-refractivity contribution in [2.24, 2.45) is 0 Å². The first kappa shape index (κ1) is 12.4. The topological polar surface area (TPSA) is 66.4 Å². The van der Waals surface area contributed by atoms with Crippen LogP contribution >= 0.6 is 11.3 Å². The number of carbonyl (C=O) groups excluding carboxylic acids is 1. The van der Waals surface area contributed by atoms with Gasteiger partial charge in [-0.15, -0.1) is 11.3 Å². The van der Waals surface area contributed by atoms with Gasteiger partial charge in [-0.05, 0) is 36.9 Å². The molecule has 0 aliphatic rings. The zero-order chi connectivity index (χ0) is 12.1. The molecule has 0 aliphatic carbocycles. The first-order valence-electron chi connectivity index (χ1n) is 4.76. The summed E-state index contributed by atoms with van der Waals surface area (Å²) in [5, 5.41) is 12.9. The summed E-state index contributed by atoms with van der Waals surface area (Å²) in [7, 11) is 0. The van der Waals surface area contributed by atoms with Gasteiger partial charge >= 0.3 is 5.97 Å². The van der Waals surface area contributed by atoms with Crippen molar-refractivity contribution in [3.63, 3.8) is 0 Å². The highest BCUT2D eigenvalue weighted by atomic mass is 32.1. The Labute approximate surface area is 97.6 Å². The number of amides is 1. The number of thiophene rings is 1. The lowest BCUT2D eigenvalue weighted by Gasteiger charge is -2.05. The summed E-state index contributed by atoms with van der Waals surface area (Å²) < 4.78 is 0. The van der Waals surface area contributed by atoms with Gasteiger partial charge in [-0.1, -0.05) is 0 Å². The van der Waals surface area contributed by atoms with E-state index in [1.54, 1.807) is 6.08 Å². The molecule has 1 rings (SSSR count). The molecule has 0 saturated heterocycles. The van der Waals surface area contributed by atoms with Gasteiger partial charge in [0.25, 0.3) is 0 Å². The third kappa shape index (κ3) is 3.51. The van der Waals surface area contributed by atoms with E-state index >= 15 is 0 Å². The van der Waals surface area contributed by atoms with Crippen LogP contribution in [-0.4, -0.2) is 23.0 Å². The minimum absolute atomic E-state index is 0.400. The molecule has 0 radical (unpaired) electrons. The first-order chi connectivity index (χ1) is 7.50. The second-order valence-electron chi connectivity index (χ2n) is 3.37. The maximum Gasteiger partial charge on any atom is 0.325 e. The SMILES string of the molecule is Cc1ccsc1/C=C/C(=O)NC(C)C(=O)O. The Kier molecular flexibility index (Phi) is 4.25. The predicted octanol–water partition coefficient (Wildman–Crippen LogP) is 1.66. The monoisotopic (exact) mass is 239 g/mol. The summed E-state index contributed by atoms with van der Waals surface area (Å²) in [6, 6.07) is 1.09. The minimum Gasteiger partial charge on any atom is -0.480 e. The number of hydrogen-bond donors (Lipinski definition) is 2. The van der Waals surface area contributed by atoms with Gasteiger partial charge in [0.05, 0.1) is 0 Å². The van der Waals surface area contributed by atoms with E-state index in [0.717, 1.165) is 10.4 Å². The molecule has 0 aromatic carbocycles. The molecule has 1 unspecified atom stereocenters. The summed E-state index contributed by atoms with van der Waals surface area (Å²) >= 11 is 1.53. The average molecular weight is 239 g/mol. The van der Waals surface area contributed by atoms with Crippen molar-refractivity contribution >= 4 is 29.3 Å². The van der Waals surface area contributed by atoms with Gasteiger partial charge in [-0.2, -0.15) is 0 Å². The fourth-order valence-corrected chi connectivity index (χ4v) is 1.85.